The van der Waals surface area contributed by atoms with Crippen LogP contribution >= 0.6 is 12.2 Å². The van der Waals surface area contributed by atoms with Gasteiger partial charge in [0.15, 0.2) is 12.3 Å². The molecule has 0 amide bonds. The third-order valence-corrected chi connectivity index (χ3v) is 3.57. The summed E-state index contributed by atoms with van der Waals surface area (Å²) in [6.07, 6.45) is 2.66. The molecule has 84 valence electrons. The standard InChI is InChI=1S/C12H14N2OS/c16-12-14(9-13-7-3-4-8-13)10-5-1-2-6-11(10)15-12/h1-2,5-6H,3-4,7-9H2/p+1. The van der Waals surface area contributed by atoms with E-state index in [0.717, 1.165) is 17.8 Å². The molecule has 0 spiro atoms. The minimum Gasteiger partial charge on any atom is -0.429 e. The average molecular weight is 235 g/mol. The molecule has 1 N–H and O–H groups in total. The van der Waals surface area contributed by atoms with Crippen LogP contribution in [0.25, 0.3) is 11.1 Å². The number of benzene rings is 1. The highest BCUT2D eigenvalue weighted by Gasteiger charge is 2.17. The number of para-hydroxylation sites is 2. The van der Waals surface area contributed by atoms with Crippen molar-refractivity contribution in [2.45, 2.75) is 19.5 Å². The molecule has 0 aliphatic carbocycles. The molecule has 1 aromatic carbocycles. The molecule has 0 atom stereocenters. The second-order valence-corrected chi connectivity index (χ2v) is 4.73. The van der Waals surface area contributed by atoms with E-state index in [4.69, 9.17) is 16.6 Å². The fraction of sp³-hybridized carbons (Fsp3) is 0.417. The second kappa shape index (κ2) is 4.03. The lowest BCUT2D eigenvalue weighted by molar-refractivity contribution is -0.910. The molecule has 3 rings (SSSR count). The molecule has 0 unspecified atom stereocenters. The summed E-state index contributed by atoms with van der Waals surface area (Å²) in [4.78, 5) is 2.20. The zero-order valence-corrected chi connectivity index (χ0v) is 9.93. The van der Waals surface area contributed by atoms with Gasteiger partial charge in [-0.05, 0) is 24.4 Å². The number of hydrogen-bond acceptors (Lipinski definition) is 2. The molecule has 16 heavy (non-hydrogen) atoms. The first-order valence-corrected chi connectivity index (χ1v) is 6.17. The number of oxazole rings is 1. The van der Waals surface area contributed by atoms with E-state index in [2.05, 4.69) is 10.6 Å². The van der Waals surface area contributed by atoms with Crippen LogP contribution in [0.1, 0.15) is 12.8 Å². The van der Waals surface area contributed by atoms with Gasteiger partial charge in [0.25, 0.3) is 4.84 Å². The van der Waals surface area contributed by atoms with Crippen molar-refractivity contribution >= 4 is 23.3 Å². The first-order valence-electron chi connectivity index (χ1n) is 5.76. The largest absolute Gasteiger partial charge is 0.429 e. The van der Waals surface area contributed by atoms with Crippen LogP contribution in [-0.2, 0) is 6.67 Å². The van der Waals surface area contributed by atoms with Gasteiger partial charge in [-0.2, -0.15) is 0 Å². The van der Waals surface area contributed by atoms with Crippen molar-refractivity contribution in [1.82, 2.24) is 4.57 Å². The highest BCUT2D eigenvalue weighted by atomic mass is 32.1. The lowest BCUT2D eigenvalue weighted by atomic mass is 10.3. The summed E-state index contributed by atoms with van der Waals surface area (Å²) in [5.74, 6) is 0. The summed E-state index contributed by atoms with van der Waals surface area (Å²) in [6.45, 7) is 3.44. The van der Waals surface area contributed by atoms with Crippen LogP contribution in [0.3, 0.4) is 0 Å². The van der Waals surface area contributed by atoms with E-state index in [0.29, 0.717) is 4.84 Å². The normalized spacial score (nSPS) is 17.2. The molecule has 4 heteroatoms. The van der Waals surface area contributed by atoms with Crippen molar-refractivity contribution in [3.8, 4) is 0 Å². The summed E-state index contributed by atoms with van der Waals surface area (Å²) in [5, 5.41) is 0. The van der Waals surface area contributed by atoms with Gasteiger partial charge in [0.2, 0.25) is 0 Å². The first-order chi connectivity index (χ1) is 7.84. The number of hydrogen-bond donors (Lipinski definition) is 1. The maximum absolute atomic E-state index is 5.57. The maximum atomic E-state index is 5.57. The van der Waals surface area contributed by atoms with Gasteiger partial charge in [0, 0.05) is 12.8 Å². The van der Waals surface area contributed by atoms with Gasteiger partial charge in [-0.1, -0.05) is 12.1 Å². The summed E-state index contributed by atoms with van der Waals surface area (Å²) in [6, 6.07) is 8.06. The predicted octanol–water partition coefficient (Wildman–Crippen LogP) is 1.60. The van der Waals surface area contributed by atoms with Gasteiger partial charge in [-0.3, -0.25) is 4.57 Å². The van der Waals surface area contributed by atoms with Crippen LogP contribution in [0.15, 0.2) is 28.7 Å². The molecule has 0 radical (unpaired) electrons. The van der Waals surface area contributed by atoms with Crippen molar-refractivity contribution < 1.29 is 9.32 Å². The minimum absolute atomic E-state index is 0.598. The molecule has 1 aromatic heterocycles. The molecule has 3 nitrogen and oxygen atoms in total. The first kappa shape index (κ1) is 10.1. The fourth-order valence-electron chi connectivity index (χ4n) is 2.42. The van der Waals surface area contributed by atoms with E-state index in [-0.39, 0.29) is 0 Å². The van der Waals surface area contributed by atoms with Gasteiger partial charge in [0.1, 0.15) is 0 Å². The number of nitrogens with zero attached hydrogens (tertiary/aromatic N) is 1. The summed E-state index contributed by atoms with van der Waals surface area (Å²) in [7, 11) is 0. The van der Waals surface area contributed by atoms with Gasteiger partial charge in [-0.15, -0.1) is 0 Å². The zero-order valence-electron chi connectivity index (χ0n) is 9.11. The van der Waals surface area contributed by atoms with Crippen LogP contribution in [0.2, 0.25) is 0 Å². The van der Waals surface area contributed by atoms with Crippen LogP contribution in [-0.4, -0.2) is 17.7 Å². The van der Waals surface area contributed by atoms with Gasteiger partial charge >= 0.3 is 0 Å². The van der Waals surface area contributed by atoms with E-state index in [1.165, 1.54) is 25.9 Å². The summed E-state index contributed by atoms with van der Waals surface area (Å²) in [5.41, 5.74) is 2.01. The van der Waals surface area contributed by atoms with Gasteiger partial charge in [-0.25, -0.2) is 0 Å². The lowest BCUT2D eigenvalue weighted by Crippen LogP contribution is -3.09. The topological polar surface area (TPSA) is 22.5 Å². The van der Waals surface area contributed by atoms with Gasteiger partial charge in [0.05, 0.1) is 18.6 Å². The predicted molar refractivity (Wildman–Crippen MR) is 65.0 cm³/mol. The van der Waals surface area contributed by atoms with E-state index in [9.17, 15) is 0 Å². The Balaban J connectivity index is 2.01. The maximum Gasteiger partial charge on any atom is 0.274 e. The van der Waals surface area contributed by atoms with E-state index >= 15 is 0 Å². The Morgan fingerprint density at radius 2 is 2.00 bits per heavy atom. The average Bonchev–Trinajstić information content (AvgIpc) is 2.89. The van der Waals surface area contributed by atoms with Crippen molar-refractivity contribution in [3.63, 3.8) is 0 Å². The van der Waals surface area contributed by atoms with E-state index in [1.54, 1.807) is 4.90 Å². The smallest absolute Gasteiger partial charge is 0.274 e. The Hall–Kier alpha value is -1.13. The van der Waals surface area contributed by atoms with Crippen LogP contribution < -0.4 is 4.90 Å². The molecular formula is C12H15N2OS+. The molecular weight excluding hydrogens is 220 g/mol. The minimum atomic E-state index is 0.598. The number of rotatable bonds is 2. The Morgan fingerprint density at radius 3 is 2.81 bits per heavy atom. The third kappa shape index (κ3) is 1.68. The Bertz CT molecular complexity index is 551. The lowest BCUT2D eigenvalue weighted by Gasteiger charge is -2.12. The van der Waals surface area contributed by atoms with Crippen LogP contribution in [0, 0.1) is 4.84 Å². The second-order valence-electron chi connectivity index (χ2n) is 4.38. The molecule has 1 fully saturated rings. The molecule has 2 aromatic rings. The van der Waals surface area contributed by atoms with E-state index in [1.807, 2.05) is 18.2 Å². The van der Waals surface area contributed by atoms with Crippen molar-refractivity contribution in [3.05, 3.63) is 29.1 Å². The molecule has 0 bridgehead atoms. The highest BCUT2D eigenvalue weighted by Crippen LogP contribution is 2.15. The SMILES string of the molecule is S=c1oc2ccccc2n1C[NH+]1CCCC1. The third-order valence-electron chi connectivity index (χ3n) is 3.27. The molecule has 1 aliphatic rings. The molecule has 2 heterocycles. The number of nitrogens with one attached hydrogen (secondary N) is 1. The van der Waals surface area contributed by atoms with Crippen molar-refractivity contribution in [2.75, 3.05) is 13.1 Å². The molecule has 1 aliphatic heterocycles. The Morgan fingerprint density at radius 1 is 1.25 bits per heavy atom. The molecule has 1 saturated heterocycles. The Kier molecular flexibility index (Phi) is 2.53. The number of fused-ring (bicyclic) bond motifs is 1. The van der Waals surface area contributed by atoms with Crippen molar-refractivity contribution in [1.29, 1.82) is 0 Å². The van der Waals surface area contributed by atoms with Crippen LogP contribution in [0.5, 0.6) is 0 Å². The van der Waals surface area contributed by atoms with Gasteiger partial charge < -0.3 is 9.32 Å². The highest BCUT2D eigenvalue weighted by molar-refractivity contribution is 7.71. The number of quaternary nitrogens is 1. The number of likely N-dealkylation sites (tertiary alicyclic amines) is 1. The quantitative estimate of drug-likeness (QED) is 0.799. The number of aromatic nitrogens is 1. The fourth-order valence-corrected chi connectivity index (χ4v) is 2.67. The zero-order chi connectivity index (χ0) is 11.0. The molecule has 0 saturated carbocycles. The summed E-state index contributed by atoms with van der Waals surface area (Å²) < 4.78 is 7.69. The summed E-state index contributed by atoms with van der Waals surface area (Å²) >= 11 is 5.27. The Labute approximate surface area is 99.3 Å². The monoisotopic (exact) mass is 235 g/mol. The van der Waals surface area contributed by atoms with Crippen molar-refractivity contribution in [2.24, 2.45) is 0 Å². The van der Waals surface area contributed by atoms with E-state index < -0.39 is 0 Å². The van der Waals surface area contributed by atoms with Crippen LogP contribution in [0.4, 0.5) is 0 Å².